The van der Waals surface area contributed by atoms with Gasteiger partial charge in [-0.1, -0.05) is 0 Å². The van der Waals surface area contributed by atoms with Crippen molar-refractivity contribution in [3.05, 3.63) is 0 Å². The summed E-state index contributed by atoms with van der Waals surface area (Å²) in [5.41, 5.74) is 5.90. The van der Waals surface area contributed by atoms with Crippen LogP contribution in [0.15, 0.2) is 0 Å². The van der Waals surface area contributed by atoms with E-state index >= 15 is 0 Å². The van der Waals surface area contributed by atoms with Crippen molar-refractivity contribution in [2.24, 2.45) is 5.73 Å². The van der Waals surface area contributed by atoms with E-state index in [4.69, 9.17) is 23.4 Å². The molecule has 1 saturated heterocycles. The van der Waals surface area contributed by atoms with E-state index in [9.17, 15) is 4.21 Å². The standard InChI is InChI=1S/C9H19BNO4S/c1-4-7-8(15-9(2,3)14-7)6(11)5-16(10,12)13/h6-8H,4-5,11H2,1-3H3,(H,12,13)/t6-,7+,8-/m0/s1/i/hT. The van der Waals surface area contributed by atoms with Crippen molar-refractivity contribution in [2.45, 2.75) is 51.2 Å². The molecular weight excluding hydrogens is 229 g/mol. The Morgan fingerprint density at radius 1 is 1.69 bits per heavy atom. The molecule has 3 N–H and O–H groups in total. The van der Waals surface area contributed by atoms with Crippen molar-refractivity contribution in [1.82, 2.24) is 0 Å². The Hall–Kier alpha value is 0.0549. The first-order valence-corrected chi connectivity index (χ1v) is 6.98. The molecule has 1 heterocycles. The Morgan fingerprint density at radius 2 is 2.31 bits per heavy atom. The molecular formula is C9H19BNO4S. The first kappa shape index (κ1) is 12.5. The molecule has 0 amide bonds. The third-order valence-corrected chi connectivity index (χ3v) is 3.32. The van der Waals surface area contributed by atoms with Crippen molar-refractivity contribution in [3.63, 3.8) is 0 Å². The van der Waals surface area contributed by atoms with Gasteiger partial charge in [0.1, 0.15) is 0 Å². The molecule has 1 fully saturated rings. The molecule has 0 spiro atoms. The van der Waals surface area contributed by atoms with Crippen LogP contribution in [0.5, 0.6) is 0 Å². The second-order valence-electron chi connectivity index (χ2n) is 4.54. The molecule has 1 aliphatic heterocycles. The fourth-order valence-corrected chi connectivity index (χ4v) is 2.63. The molecule has 0 aromatic rings. The van der Waals surface area contributed by atoms with Gasteiger partial charge in [-0.15, -0.1) is 0 Å². The molecule has 0 aromatic heterocycles. The van der Waals surface area contributed by atoms with Gasteiger partial charge < -0.3 is 0 Å². The predicted molar refractivity (Wildman–Crippen MR) is 63.5 cm³/mol. The molecule has 0 bridgehead atoms. The molecule has 1 aliphatic rings. The van der Waals surface area contributed by atoms with Gasteiger partial charge in [0.15, 0.2) is 0 Å². The zero-order valence-corrected chi connectivity index (χ0v) is 10.7. The van der Waals surface area contributed by atoms with E-state index in [1.165, 1.54) is 0 Å². The average Bonchev–Trinajstić information content (AvgIpc) is 2.53. The number of nitrogens with two attached hydrogens (primary N) is 1. The van der Waals surface area contributed by atoms with Gasteiger partial charge in [0.05, 0.1) is 0 Å². The second-order valence-corrected chi connectivity index (χ2v) is 6.20. The maximum atomic E-state index is 11.5. The van der Waals surface area contributed by atoms with Crippen LogP contribution in [0.3, 0.4) is 0 Å². The molecule has 1 rings (SSSR count). The summed E-state index contributed by atoms with van der Waals surface area (Å²) in [6.07, 6.45) is 0.172. The quantitative estimate of drug-likeness (QED) is 0.675. The van der Waals surface area contributed by atoms with E-state index in [1.807, 2.05) is 6.92 Å². The average molecular weight is 250 g/mol. The molecule has 16 heavy (non-hydrogen) atoms. The van der Waals surface area contributed by atoms with Gasteiger partial charge in [-0.25, -0.2) is 0 Å². The van der Waals surface area contributed by atoms with Gasteiger partial charge in [-0.05, 0) is 0 Å². The van der Waals surface area contributed by atoms with Crippen LogP contribution in [0, 0.1) is 0 Å². The van der Waals surface area contributed by atoms with Gasteiger partial charge in [0, 0.05) is 0 Å². The van der Waals surface area contributed by atoms with Crippen LogP contribution in [0.4, 0.5) is 0 Å². The van der Waals surface area contributed by atoms with Crippen LogP contribution in [-0.4, -0.2) is 45.3 Å². The molecule has 0 aliphatic carbocycles. The fourth-order valence-electron chi connectivity index (χ4n) is 1.90. The molecule has 0 saturated carbocycles. The Balaban J connectivity index is 2.72. The van der Waals surface area contributed by atoms with Crippen LogP contribution >= 0.6 is 0 Å². The maximum absolute atomic E-state index is 11.5. The summed E-state index contributed by atoms with van der Waals surface area (Å²) in [4.78, 5) is 0. The van der Waals surface area contributed by atoms with E-state index in [0.717, 1.165) is 6.42 Å². The van der Waals surface area contributed by atoms with Crippen LogP contribution in [-0.2, 0) is 19.1 Å². The van der Waals surface area contributed by atoms with Gasteiger partial charge in [0.25, 0.3) is 0 Å². The summed E-state index contributed by atoms with van der Waals surface area (Å²) in [7, 11) is -3.17. The van der Waals surface area contributed by atoms with Crippen LogP contribution < -0.4 is 5.73 Å². The Morgan fingerprint density at radius 3 is 2.81 bits per heavy atom. The molecule has 0 aromatic carbocycles. The molecule has 5 nitrogen and oxygen atoms in total. The Bertz CT molecular complexity index is 362. The molecule has 7 heteroatoms. The zero-order valence-electron chi connectivity index (χ0n) is 10.8. The molecule has 4 atom stereocenters. The van der Waals surface area contributed by atoms with E-state index in [-0.39, 0.29) is 11.9 Å². The van der Waals surface area contributed by atoms with Crippen molar-refractivity contribution < 1.29 is 18.2 Å². The molecule has 1 radical (unpaired) electrons. The third kappa shape index (κ3) is 3.82. The number of hydrogen-bond acceptors (Lipinski definition) is 5. The summed E-state index contributed by atoms with van der Waals surface area (Å²) in [5, 5.41) is 0. The van der Waals surface area contributed by atoms with Crippen molar-refractivity contribution in [1.29, 1.82) is 1.43 Å². The first-order chi connectivity index (χ1) is 7.71. The molecule has 93 valence electrons. The van der Waals surface area contributed by atoms with Gasteiger partial charge >= 0.3 is 98.7 Å². The van der Waals surface area contributed by atoms with E-state index < -0.39 is 27.6 Å². The Kier molecular flexibility index (Phi) is 3.70. The third-order valence-electron chi connectivity index (χ3n) is 2.47. The van der Waals surface area contributed by atoms with Gasteiger partial charge in [-0.3, -0.25) is 0 Å². The summed E-state index contributed by atoms with van der Waals surface area (Å²) in [6.45, 7) is 10.8. The second kappa shape index (κ2) is 4.74. The minimum absolute atomic E-state index is 0.128. The van der Waals surface area contributed by atoms with Crippen molar-refractivity contribution in [3.8, 4) is 0 Å². The van der Waals surface area contributed by atoms with Crippen LogP contribution in [0.2, 0.25) is 0 Å². The first-order valence-electron chi connectivity index (χ1n) is 5.67. The summed E-state index contributed by atoms with van der Waals surface area (Å²) >= 11 is 0. The van der Waals surface area contributed by atoms with Gasteiger partial charge in [0.2, 0.25) is 0 Å². The van der Waals surface area contributed by atoms with E-state index in [2.05, 4.69) is 4.56 Å². The number of hydrogen-bond donors (Lipinski definition) is 2. The van der Waals surface area contributed by atoms with Crippen LogP contribution in [0.25, 0.3) is 1.43 Å². The number of ether oxygens (including phenoxy) is 2. The minimum atomic E-state index is -3.17. The van der Waals surface area contributed by atoms with Gasteiger partial charge in [-0.2, -0.15) is 0 Å². The normalized spacial score (nSPS) is 35.3. The van der Waals surface area contributed by atoms with Crippen molar-refractivity contribution in [2.75, 3.05) is 5.75 Å². The Labute approximate surface area is 99.3 Å². The van der Waals surface area contributed by atoms with E-state index in [1.54, 1.807) is 13.8 Å². The summed E-state index contributed by atoms with van der Waals surface area (Å²) in [6, 6.07) is -0.593. The van der Waals surface area contributed by atoms with Crippen LogP contribution in [0.1, 0.15) is 27.2 Å². The molecule has 1 unspecified atom stereocenters. The van der Waals surface area contributed by atoms with Crippen molar-refractivity contribution >= 4 is 16.4 Å². The summed E-state index contributed by atoms with van der Waals surface area (Å²) in [5.74, 6) is -0.836. The number of rotatable bonds is 5. The predicted octanol–water partition coefficient (Wildman–Crippen LogP) is 0.0847. The summed E-state index contributed by atoms with van der Waals surface area (Å²) < 4.78 is 33.4. The fraction of sp³-hybridized carbons (Fsp3) is 1.00. The SMILES string of the molecule is [3H]OS(=[B])(=O)C[C@H](N)[C@@H]1OC(C)(C)O[C@@H]1CC. The monoisotopic (exact) mass is 250 g/mol. The van der Waals surface area contributed by atoms with E-state index in [0.29, 0.717) is 0 Å². The zero-order chi connectivity index (χ0) is 13.3. The topological polar surface area (TPSA) is 81.8 Å².